The molecule has 0 spiro atoms. The normalized spacial score (nSPS) is 13.9. The Hall–Kier alpha value is -2.54. The third kappa shape index (κ3) is 4.40. The molecule has 6 nitrogen and oxygen atoms in total. The molecule has 0 saturated carbocycles. The van der Waals surface area contributed by atoms with Gasteiger partial charge in [-0.25, -0.2) is 9.69 Å². The van der Waals surface area contributed by atoms with Crippen LogP contribution >= 0.6 is 34.8 Å². The number of hydrogen-bond donors (Lipinski definition) is 1. The maximum atomic E-state index is 13.0. The predicted molar refractivity (Wildman–Crippen MR) is 112 cm³/mol. The molecule has 0 atom stereocenters. The molecule has 150 valence electrons. The maximum absolute atomic E-state index is 13.0. The smallest absolute Gasteiger partial charge is 0.340 e. The van der Waals surface area contributed by atoms with E-state index in [2.05, 4.69) is 5.32 Å². The van der Waals surface area contributed by atoms with Gasteiger partial charge in [-0.15, -0.1) is 0 Å². The molecular formula is C20H15Cl3N2O4. The van der Waals surface area contributed by atoms with Crippen molar-refractivity contribution in [2.45, 2.75) is 13.3 Å². The van der Waals surface area contributed by atoms with Crippen LogP contribution in [0.3, 0.4) is 0 Å². The van der Waals surface area contributed by atoms with Gasteiger partial charge in [0.2, 0.25) is 0 Å². The van der Waals surface area contributed by atoms with Crippen molar-refractivity contribution in [3.05, 3.63) is 68.8 Å². The molecule has 2 amide bonds. The molecule has 1 aliphatic rings. The predicted octanol–water partition coefficient (Wildman–Crippen LogP) is 5.00. The van der Waals surface area contributed by atoms with Crippen molar-refractivity contribution in [2.75, 3.05) is 16.8 Å². The Labute approximate surface area is 182 Å². The molecule has 1 N–H and O–H groups in total. The van der Waals surface area contributed by atoms with Gasteiger partial charge in [-0.2, -0.15) is 0 Å². The van der Waals surface area contributed by atoms with Crippen LogP contribution in [0.15, 0.2) is 53.2 Å². The third-order valence-electron chi connectivity index (χ3n) is 3.96. The summed E-state index contributed by atoms with van der Waals surface area (Å²) in [5.41, 5.74) is 0.405. The summed E-state index contributed by atoms with van der Waals surface area (Å²) >= 11 is 18.1. The Morgan fingerprint density at radius 1 is 1.03 bits per heavy atom. The fourth-order valence-corrected chi connectivity index (χ4v) is 3.45. The van der Waals surface area contributed by atoms with Crippen molar-refractivity contribution >= 4 is 64.0 Å². The van der Waals surface area contributed by atoms with Crippen molar-refractivity contribution < 1.29 is 19.1 Å². The first kappa shape index (κ1) is 21.2. The number of ether oxygens (including phenoxy) is 1. The summed E-state index contributed by atoms with van der Waals surface area (Å²) in [5, 5.41) is 3.15. The highest BCUT2D eigenvalue weighted by atomic mass is 35.5. The molecule has 0 radical (unpaired) electrons. The molecule has 3 rings (SSSR count). The summed E-state index contributed by atoms with van der Waals surface area (Å²) in [4.78, 5) is 38.9. The number of amides is 2. The number of nitrogens with one attached hydrogen (secondary N) is 1. The van der Waals surface area contributed by atoms with E-state index in [9.17, 15) is 14.4 Å². The molecule has 0 fully saturated rings. The Morgan fingerprint density at radius 2 is 1.69 bits per heavy atom. The van der Waals surface area contributed by atoms with Gasteiger partial charge in [-0.3, -0.25) is 9.59 Å². The minimum absolute atomic E-state index is 0.0826. The van der Waals surface area contributed by atoms with Gasteiger partial charge in [0.25, 0.3) is 11.8 Å². The van der Waals surface area contributed by atoms with E-state index in [1.165, 1.54) is 30.3 Å². The lowest BCUT2D eigenvalue weighted by Gasteiger charge is -2.18. The second-order valence-electron chi connectivity index (χ2n) is 6.07. The van der Waals surface area contributed by atoms with Crippen LogP contribution in [0, 0.1) is 0 Å². The first-order chi connectivity index (χ1) is 13.8. The van der Waals surface area contributed by atoms with Crippen molar-refractivity contribution in [3.63, 3.8) is 0 Å². The largest absolute Gasteiger partial charge is 0.462 e. The van der Waals surface area contributed by atoms with Crippen LogP contribution in [0.25, 0.3) is 0 Å². The Morgan fingerprint density at radius 3 is 2.34 bits per heavy atom. The third-order valence-corrected chi connectivity index (χ3v) is 4.75. The quantitative estimate of drug-likeness (QED) is 0.492. The molecule has 0 aromatic heterocycles. The first-order valence-corrected chi connectivity index (χ1v) is 9.74. The molecule has 9 heteroatoms. The summed E-state index contributed by atoms with van der Waals surface area (Å²) in [5.74, 6) is -2.11. The number of carbonyl (C=O) groups is 3. The fraction of sp³-hybridized carbons (Fsp3) is 0.150. The van der Waals surface area contributed by atoms with Crippen LogP contribution in [-0.2, 0) is 14.3 Å². The summed E-state index contributed by atoms with van der Waals surface area (Å²) < 4.78 is 5.14. The van der Waals surface area contributed by atoms with E-state index in [-0.39, 0.29) is 28.6 Å². The van der Waals surface area contributed by atoms with Gasteiger partial charge >= 0.3 is 5.97 Å². The van der Waals surface area contributed by atoms with Gasteiger partial charge in [0.15, 0.2) is 0 Å². The van der Waals surface area contributed by atoms with Crippen LogP contribution in [0.4, 0.5) is 11.4 Å². The highest BCUT2D eigenvalue weighted by Crippen LogP contribution is 2.33. The minimum Gasteiger partial charge on any atom is -0.462 e. The van der Waals surface area contributed by atoms with Crippen LogP contribution in [0.5, 0.6) is 0 Å². The number of carbonyl (C=O) groups excluding carboxylic acids is 3. The Bertz CT molecular complexity index is 1020. The molecule has 0 unspecified atom stereocenters. The molecule has 1 heterocycles. The van der Waals surface area contributed by atoms with E-state index in [1.54, 1.807) is 12.1 Å². The van der Waals surface area contributed by atoms with Crippen LogP contribution in [0.1, 0.15) is 23.7 Å². The molecule has 0 saturated heterocycles. The van der Waals surface area contributed by atoms with E-state index < -0.39 is 17.8 Å². The number of esters is 1. The van der Waals surface area contributed by atoms with Gasteiger partial charge in [-0.1, -0.05) is 53.9 Å². The number of para-hydroxylation sites is 1. The van der Waals surface area contributed by atoms with Gasteiger partial charge in [0, 0.05) is 15.7 Å². The Balaban J connectivity index is 1.94. The van der Waals surface area contributed by atoms with Crippen molar-refractivity contribution in [1.82, 2.24) is 0 Å². The molecule has 2 aromatic carbocycles. The monoisotopic (exact) mass is 452 g/mol. The highest BCUT2D eigenvalue weighted by Gasteiger charge is 2.40. The van der Waals surface area contributed by atoms with Crippen LogP contribution < -0.4 is 10.2 Å². The number of benzene rings is 2. The molecule has 1 aliphatic heterocycles. The number of imide groups is 1. The van der Waals surface area contributed by atoms with Crippen LogP contribution in [-0.4, -0.2) is 24.4 Å². The zero-order valence-electron chi connectivity index (χ0n) is 15.2. The van der Waals surface area contributed by atoms with Gasteiger partial charge in [-0.05, 0) is 36.8 Å². The summed E-state index contributed by atoms with van der Waals surface area (Å²) in [6.45, 7) is 2.08. The van der Waals surface area contributed by atoms with Gasteiger partial charge in [0.05, 0.1) is 17.9 Å². The lowest BCUT2D eigenvalue weighted by molar-refractivity contribution is -0.120. The average molecular weight is 454 g/mol. The average Bonchev–Trinajstić information content (AvgIpc) is 2.88. The van der Waals surface area contributed by atoms with Crippen molar-refractivity contribution in [1.29, 1.82) is 0 Å². The van der Waals surface area contributed by atoms with E-state index in [0.29, 0.717) is 22.2 Å². The number of nitrogens with zero attached hydrogens (tertiary/aromatic N) is 1. The SMILES string of the molecule is CCCOC(=O)c1ccccc1N1C(=O)C(Cl)=C(Nc2cc(Cl)cc(Cl)c2)C1=O. The molecule has 2 aromatic rings. The number of anilines is 2. The fourth-order valence-electron chi connectivity index (χ4n) is 2.71. The number of hydrogen-bond acceptors (Lipinski definition) is 5. The minimum atomic E-state index is -0.761. The zero-order valence-corrected chi connectivity index (χ0v) is 17.4. The Kier molecular flexibility index (Phi) is 6.47. The van der Waals surface area contributed by atoms with Gasteiger partial charge in [0.1, 0.15) is 10.7 Å². The molecule has 0 bridgehead atoms. The lowest BCUT2D eigenvalue weighted by atomic mass is 10.1. The molecular weight excluding hydrogens is 439 g/mol. The number of rotatable bonds is 6. The van der Waals surface area contributed by atoms with Gasteiger partial charge < -0.3 is 10.1 Å². The van der Waals surface area contributed by atoms with Crippen molar-refractivity contribution in [3.8, 4) is 0 Å². The van der Waals surface area contributed by atoms with E-state index >= 15 is 0 Å². The zero-order chi connectivity index (χ0) is 21.1. The van der Waals surface area contributed by atoms with E-state index in [1.807, 2.05) is 6.92 Å². The standard InChI is InChI=1S/C20H15Cl3N2O4/c1-2-7-29-20(28)14-5-3-4-6-15(14)25-18(26)16(23)17(19(25)27)24-13-9-11(21)8-12(22)10-13/h3-6,8-10,24H,2,7H2,1H3. The van der Waals surface area contributed by atoms with Crippen molar-refractivity contribution in [2.24, 2.45) is 0 Å². The summed E-state index contributed by atoms with van der Waals surface area (Å²) in [6, 6.07) is 10.7. The summed E-state index contributed by atoms with van der Waals surface area (Å²) in [7, 11) is 0. The summed E-state index contributed by atoms with van der Waals surface area (Å²) in [6.07, 6.45) is 0.638. The second-order valence-corrected chi connectivity index (χ2v) is 7.32. The van der Waals surface area contributed by atoms with Crippen LogP contribution in [0.2, 0.25) is 10.0 Å². The highest BCUT2D eigenvalue weighted by molar-refractivity contribution is 6.53. The van der Waals surface area contributed by atoms with E-state index in [4.69, 9.17) is 39.5 Å². The second kappa shape index (κ2) is 8.86. The molecule has 0 aliphatic carbocycles. The topological polar surface area (TPSA) is 75.7 Å². The molecule has 29 heavy (non-hydrogen) atoms. The lowest BCUT2D eigenvalue weighted by Crippen LogP contribution is -2.33. The number of halogens is 3. The first-order valence-electron chi connectivity index (χ1n) is 8.61. The van der Waals surface area contributed by atoms with E-state index in [0.717, 1.165) is 4.90 Å². The maximum Gasteiger partial charge on any atom is 0.340 e.